The van der Waals surface area contributed by atoms with Crippen LogP contribution in [0.4, 0.5) is 11.6 Å². The maximum atomic E-state index is 11.4. The second-order valence-corrected chi connectivity index (χ2v) is 3.21. The number of nitrogens with zero attached hydrogens (tertiary/aromatic N) is 2. The molecule has 0 aliphatic carbocycles. The Morgan fingerprint density at radius 1 is 1.00 bits per heavy atom. The van der Waals surface area contributed by atoms with Crippen molar-refractivity contribution in [2.75, 3.05) is 10.6 Å². The number of hydrogen-bond acceptors (Lipinski definition) is 4. The van der Waals surface area contributed by atoms with E-state index in [0.717, 1.165) is 0 Å². The van der Waals surface area contributed by atoms with Gasteiger partial charge in [-0.25, -0.2) is 0 Å². The summed E-state index contributed by atoms with van der Waals surface area (Å²) in [5, 5.41) is 17.4. The second-order valence-electron chi connectivity index (χ2n) is 3.21. The summed E-state index contributed by atoms with van der Waals surface area (Å²) in [5.41, 5.74) is 0. The van der Waals surface area contributed by atoms with Crippen molar-refractivity contribution in [3.8, 4) is 0 Å². The highest BCUT2D eigenvalue weighted by atomic mass is 16.2. The lowest BCUT2D eigenvalue weighted by Crippen LogP contribution is -2.21. The fourth-order valence-electron chi connectivity index (χ4n) is 1.19. The number of amides is 2. The third kappa shape index (κ3) is 3.16. The Labute approximate surface area is 95.8 Å². The van der Waals surface area contributed by atoms with Gasteiger partial charge in [0.15, 0.2) is 0 Å². The van der Waals surface area contributed by atoms with E-state index in [1.165, 1.54) is 12.4 Å². The monoisotopic (exact) mass is 234 g/mol. The summed E-state index contributed by atoms with van der Waals surface area (Å²) in [5.74, 6) is 0.0474. The fraction of sp³-hybridized carbons (Fsp3) is 0.111. The van der Waals surface area contributed by atoms with Gasteiger partial charge >= 0.3 is 0 Å². The zero-order valence-electron chi connectivity index (χ0n) is 8.73. The van der Waals surface area contributed by atoms with Crippen LogP contribution in [0.5, 0.6) is 0 Å². The van der Waals surface area contributed by atoms with E-state index < -0.39 is 11.8 Å². The number of nitrogens with one attached hydrogen (secondary N) is 4. The van der Waals surface area contributed by atoms with Crippen LogP contribution in [-0.2, 0) is 9.59 Å². The maximum Gasteiger partial charge on any atom is 0.234 e. The van der Waals surface area contributed by atoms with Crippen LogP contribution in [-0.4, -0.2) is 32.2 Å². The van der Waals surface area contributed by atoms with Gasteiger partial charge in [-0.15, -0.1) is 0 Å². The van der Waals surface area contributed by atoms with Crippen molar-refractivity contribution in [1.29, 1.82) is 0 Å². The third-order valence-corrected chi connectivity index (χ3v) is 1.87. The summed E-state index contributed by atoms with van der Waals surface area (Å²) in [6.07, 6.45) is 2.72. The van der Waals surface area contributed by atoms with E-state index >= 15 is 0 Å². The number of aromatic amines is 2. The lowest BCUT2D eigenvalue weighted by atomic mass is 10.3. The van der Waals surface area contributed by atoms with E-state index in [-0.39, 0.29) is 6.42 Å². The zero-order valence-corrected chi connectivity index (χ0v) is 8.73. The number of aromatic nitrogens is 4. The first-order valence-corrected chi connectivity index (χ1v) is 4.82. The molecule has 0 saturated carbocycles. The number of hydrogen-bond donors (Lipinski definition) is 4. The molecule has 0 aliphatic heterocycles. The Morgan fingerprint density at radius 2 is 1.47 bits per heavy atom. The molecule has 2 aromatic rings. The number of carbonyl (C=O) groups is 2. The molecule has 2 heterocycles. The van der Waals surface area contributed by atoms with Gasteiger partial charge in [0.05, 0.1) is 12.4 Å². The van der Waals surface area contributed by atoms with Crippen molar-refractivity contribution in [1.82, 2.24) is 20.4 Å². The standard InChI is InChI=1S/C9H10N6O2/c16-8(12-6-1-3-10-14-6)5-9(17)13-7-2-4-11-15-7/h1-4H,5H2,(H2,10,12,14,16)(H2,11,13,15,17). The average molecular weight is 234 g/mol. The Kier molecular flexibility index (Phi) is 3.15. The Hall–Kier alpha value is -2.64. The molecular weight excluding hydrogens is 224 g/mol. The molecule has 0 fully saturated rings. The van der Waals surface area contributed by atoms with Gasteiger partial charge in [-0.05, 0) is 0 Å². The molecule has 0 bridgehead atoms. The highest BCUT2D eigenvalue weighted by molar-refractivity contribution is 6.07. The minimum atomic E-state index is -0.425. The van der Waals surface area contributed by atoms with Crippen molar-refractivity contribution in [3.05, 3.63) is 24.5 Å². The van der Waals surface area contributed by atoms with Crippen LogP contribution in [0.2, 0.25) is 0 Å². The van der Waals surface area contributed by atoms with E-state index in [4.69, 9.17) is 0 Å². The van der Waals surface area contributed by atoms with Crippen molar-refractivity contribution in [3.63, 3.8) is 0 Å². The second kappa shape index (κ2) is 4.92. The van der Waals surface area contributed by atoms with Gasteiger partial charge in [0, 0.05) is 12.1 Å². The molecule has 0 radical (unpaired) electrons. The first kappa shape index (κ1) is 10.9. The topological polar surface area (TPSA) is 116 Å². The van der Waals surface area contributed by atoms with E-state index in [1.807, 2.05) is 0 Å². The van der Waals surface area contributed by atoms with E-state index in [9.17, 15) is 9.59 Å². The molecule has 17 heavy (non-hydrogen) atoms. The number of anilines is 2. The molecule has 0 unspecified atom stereocenters. The summed E-state index contributed by atoms with van der Waals surface area (Å²) >= 11 is 0. The molecule has 0 atom stereocenters. The Morgan fingerprint density at radius 3 is 1.82 bits per heavy atom. The van der Waals surface area contributed by atoms with Gasteiger partial charge in [-0.2, -0.15) is 10.2 Å². The van der Waals surface area contributed by atoms with Gasteiger partial charge in [-0.3, -0.25) is 19.8 Å². The predicted octanol–water partition coefficient (Wildman–Crippen LogP) is 0.100. The van der Waals surface area contributed by atoms with E-state index in [0.29, 0.717) is 11.6 Å². The largest absolute Gasteiger partial charge is 0.311 e. The smallest absolute Gasteiger partial charge is 0.234 e. The number of carbonyl (C=O) groups excluding carboxylic acids is 2. The molecular formula is C9H10N6O2. The molecule has 2 amide bonds. The number of rotatable bonds is 4. The first-order chi connectivity index (χ1) is 8.24. The third-order valence-electron chi connectivity index (χ3n) is 1.87. The highest BCUT2D eigenvalue weighted by Crippen LogP contribution is 2.02. The van der Waals surface area contributed by atoms with Crippen molar-refractivity contribution < 1.29 is 9.59 Å². The Balaban J connectivity index is 1.80. The average Bonchev–Trinajstić information content (AvgIpc) is 2.90. The molecule has 2 aromatic heterocycles. The molecule has 0 aromatic carbocycles. The van der Waals surface area contributed by atoms with Crippen LogP contribution >= 0.6 is 0 Å². The number of H-pyrrole nitrogens is 2. The van der Waals surface area contributed by atoms with Crippen molar-refractivity contribution in [2.45, 2.75) is 6.42 Å². The minimum absolute atomic E-state index is 0.280. The summed E-state index contributed by atoms with van der Waals surface area (Å²) in [7, 11) is 0. The molecule has 88 valence electrons. The fourth-order valence-corrected chi connectivity index (χ4v) is 1.19. The SMILES string of the molecule is O=C(CC(=O)Nc1ccn[nH]1)Nc1ccn[nH]1. The van der Waals surface area contributed by atoms with Gasteiger partial charge in [0.25, 0.3) is 0 Å². The predicted molar refractivity (Wildman–Crippen MR) is 59.1 cm³/mol. The van der Waals surface area contributed by atoms with E-state index in [1.54, 1.807) is 12.1 Å². The van der Waals surface area contributed by atoms with Gasteiger partial charge in [0.1, 0.15) is 18.1 Å². The van der Waals surface area contributed by atoms with Crippen LogP contribution in [0, 0.1) is 0 Å². The molecule has 8 nitrogen and oxygen atoms in total. The van der Waals surface area contributed by atoms with Gasteiger partial charge in [-0.1, -0.05) is 0 Å². The molecule has 0 saturated heterocycles. The lowest BCUT2D eigenvalue weighted by molar-refractivity contribution is -0.123. The lowest BCUT2D eigenvalue weighted by Gasteiger charge is -2.02. The van der Waals surface area contributed by atoms with E-state index in [2.05, 4.69) is 31.0 Å². The van der Waals surface area contributed by atoms with Gasteiger partial charge in [0.2, 0.25) is 11.8 Å². The summed E-state index contributed by atoms with van der Waals surface area (Å²) < 4.78 is 0. The zero-order chi connectivity index (χ0) is 12.1. The van der Waals surface area contributed by atoms with Crippen molar-refractivity contribution >= 4 is 23.5 Å². The van der Waals surface area contributed by atoms with Crippen LogP contribution in [0.25, 0.3) is 0 Å². The minimum Gasteiger partial charge on any atom is -0.311 e. The summed E-state index contributed by atoms with van der Waals surface area (Å²) in [4.78, 5) is 22.8. The molecule has 4 N–H and O–H groups in total. The quantitative estimate of drug-likeness (QED) is 0.561. The first-order valence-electron chi connectivity index (χ1n) is 4.82. The highest BCUT2D eigenvalue weighted by Gasteiger charge is 2.10. The summed E-state index contributed by atoms with van der Waals surface area (Å²) in [6.45, 7) is 0. The molecule has 0 aliphatic rings. The van der Waals surface area contributed by atoms with Crippen LogP contribution < -0.4 is 10.6 Å². The summed E-state index contributed by atoms with van der Waals surface area (Å²) in [6, 6.07) is 3.18. The molecule has 2 rings (SSSR count). The van der Waals surface area contributed by atoms with Gasteiger partial charge < -0.3 is 10.6 Å². The molecule has 0 spiro atoms. The Bertz CT molecular complexity index is 443. The van der Waals surface area contributed by atoms with Crippen molar-refractivity contribution in [2.24, 2.45) is 0 Å². The van der Waals surface area contributed by atoms with Crippen LogP contribution in [0.15, 0.2) is 24.5 Å². The normalized spacial score (nSPS) is 9.88. The van der Waals surface area contributed by atoms with Crippen LogP contribution in [0.3, 0.4) is 0 Å². The maximum absolute atomic E-state index is 11.4. The van der Waals surface area contributed by atoms with Crippen LogP contribution in [0.1, 0.15) is 6.42 Å². The molecule has 8 heteroatoms.